The van der Waals surface area contributed by atoms with Crippen molar-refractivity contribution >= 4 is 11.7 Å². The van der Waals surface area contributed by atoms with Crippen molar-refractivity contribution in [2.45, 2.75) is 47.0 Å². The molecule has 148 valence electrons. The number of anilines is 1. The maximum Gasteiger partial charge on any atom is 0.227 e. The second-order valence-corrected chi connectivity index (χ2v) is 6.99. The molecule has 0 saturated carbocycles. The van der Waals surface area contributed by atoms with Crippen LogP contribution in [0.15, 0.2) is 4.52 Å². The second kappa shape index (κ2) is 8.38. The Morgan fingerprint density at radius 2 is 1.82 bits per heavy atom. The fourth-order valence-corrected chi connectivity index (χ4v) is 3.69. The van der Waals surface area contributed by atoms with E-state index in [1.165, 1.54) is 0 Å². The Kier molecular flexibility index (Phi) is 5.93. The summed E-state index contributed by atoms with van der Waals surface area (Å²) >= 11 is 0. The van der Waals surface area contributed by atoms with E-state index < -0.39 is 0 Å². The van der Waals surface area contributed by atoms with Crippen molar-refractivity contribution in [3.63, 3.8) is 0 Å². The number of nitriles is 1. The third kappa shape index (κ3) is 3.70. The van der Waals surface area contributed by atoms with Crippen LogP contribution in [0.4, 0.5) is 5.82 Å². The molecule has 0 radical (unpaired) electrons. The van der Waals surface area contributed by atoms with Crippen LogP contribution in [-0.2, 0) is 24.1 Å². The van der Waals surface area contributed by atoms with Crippen LogP contribution >= 0.6 is 0 Å². The van der Waals surface area contributed by atoms with Gasteiger partial charge >= 0.3 is 0 Å². The average Bonchev–Trinajstić information content (AvgIpc) is 3.04. The normalized spacial score (nSPS) is 14.2. The van der Waals surface area contributed by atoms with Gasteiger partial charge in [-0.05, 0) is 32.3 Å². The molecule has 0 aromatic carbocycles. The van der Waals surface area contributed by atoms with Crippen molar-refractivity contribution in [1.82, 2.24) is 20.3 Å². The topological polar surface area (TPSA) is 99.2 Å². The summed E-state index contributed by atoms with van der Waals surface area (Å²) in [6.07, 6.45) is 1.81. The van der Waals surface area contributed by atoms with Gasteiger partial charge in [-0.3, -0.25) is 4.79 Å². The van der Waals surface area contributed by atoms with Crippen LogP contribution < -0.4 is 4.90 Å². The highest BCUT2D eigenvalue weighted by Crippen LogP contribution is 2.24. The van der Waals surface area contributed by atoms with Gasteiger partial charge in [0.15, 0.2) is 5.82 Å². The number of nitrogens with zero attached hydrogens (tertiary/aromatic N) is 6. The molecule has 2 aromatic rings. The number of rotatable bonds is 5. The fraction of sp³-hybridized carbons (Fsp3) is 0.550. The molecular weight excluding hydrogens is 356 g/mol. The first-order valence-electron chi connectivity index (χ1n) is 9.73. The number of aryl methyl sites for hydroxylation is 3. The van der Waals surface area contributed by atoms with Gasteiger partial charge in [0.05, 0.1) is 17.8 Å². The van der Waals surface area contributed by atoms with Gasteiger partial charge in [0.1, 0.15) is 17.4 Å². The summed E-state index contributed by atoms with van der Waals surface area (Å²) in [6, 6.07) is 2.32. The number of carbonyl (C=O) groups excluding carboxylic acids is 1. The van der Waals surface area contributed by atoms with E-state index in [-0.39, 0.29) is 5.91 Å². The zero-order chi connectivity index (χ0) is 20.3. The summed E-state index contributed by atoms with van der Waals surface area (Å²) < 4.78 is 5.15. The molecule has 8 heteroatoms. The lowest BCUT2D eigenvalue weighted by molar-refractivity contribution is -0.130. The molecular formula is C20H26N6O2. The molecule has 8 nitrogen and oxygen atoms in total. The Balaban J connectivity index is 1.70. The zero-order valence-corrected chi connectivity index (χ0v) is 16.9. The largest absolute Gasteiger partial charge is 0.361 e. The number of carbonyl (C=O) groups is 1. The third-order valence-electron chi connectivity index (χ3n) is 5.38. The number of amides is 1. The molecule has 3 rings (SSSR count). The van der Waals surface area contributed by atoms with Crippen LogP contribution in [0.2, 0.25) is 0 Å². The minimum Gasteiger partial charge on any atom is -0.361 e. The van der Waals surface area contributed by atoms with Crippen molar-refractivity contribution in [3.05, 3.63) is 33.8 Å². The second-order valence-electron chi connectivity index (χ2n) is 6.99. The Hall–Kier alpha value is -2.95. The van der Waals surface area contributed by atoms with E-state index >= 15 is 0 Å². The molecule has 0 spiro atoms. The van der Waals surface area contributed by atoms with E-state index in [0.29, 0.717) is 49.7 Å². The van der Waals surface area contributed by atoms with Crippen LogP contribution in [0.25, 0.3) is 0 Å². The number of hydrogen-bond acceptors (Lipinski definition) is 7. The summed E-state index contributed by atoms with van der Waals surface area (Å²) in [4.78, 5) is 16.6. The lowest BCUT2D eigenvalue weighted by Gasteiger charge is -2.35. The molecule has 0 bridgehead atoms. The predicted molar refractivity (Wildman–Crippen MR) is 104 cm³/mol. The summed E-state index contributed by atoms with van der Waals surface area (Å²) in [5.41, 5.74) is 4.11. The molecule has 2 aromatic heterocycles. The summed E-state index contributed by atoms with van der Waals surface area (Å²) in [5.74, 6) is 1.40. The first-order chi connectivity index (χ1) is 13.5. The maximum atomic E-state index is 12.7. The first kappa shape index (κ1) is 19.8. The quantitative estimate of drug-likeness (QED) is 0.779. The number of hydrogen-bond donors (Lipinski definition) is 0. The molecule has 0 unspecified atom stereocenters. The lowest BCUT2D eigenvalue weighted by atomic mass is 10.0. The van der Waals surface area contributed by atoms with Gasteiger partial charge in [0, 0.05) is 31.7 Å². The molecule has 0 aliphatic carbocycles. The van der Waals surface area contributed by atoms with Crippen molar-refractivity contribution < 1.29 is 9.32 Å². The highest BCUT2D eigenvalue weighted by Gasteiger charge is 2.26. The standard InChI is InChI=1S/C20H26N6O2/c1-5-15-17(12-21)20(23-22-18(15)6-2)26-9-7-25(8-10-26)19(27)11-16-13(3)24-28-14(16)4/h5-11H2,1-4H3. The zero-order valence-electron chi connectivity index (χ0n) is 16.9. The minimum absolute atomic E-state index is 0.0659. The van der Waals surface area contributed by atoms with Gasteiger partial charge in [-0.25, -0.2) is 0 Å². The van der Waals surface area contributed by atoms with Crippen LogP contribution in [0.1, 0.15) is 47.7 Å². The summed E-state index contributed by atoms with van der Waals surface area (Å²) in [5, 5.41) is 22.3. The molecule has 0 atom stereocenters. The molecule has 1 amide bonds. The monoisotopic (exact) mass is 382 g/mol. The van der Waals surface area contributed by atoms with E-state index in [9.17, 15) is 10.1 Å². The molecule has 28 heavy (non-hydrogen) atoms. The molecule has 0 N–H and O–H groups in total. The Labute approximate surface area is 165 Å². The third-order valence-corrected chi connectivity index (χ3v) is 5.38. The average molecular weight is 382 g/mol. The van der Waals surface area contributed by atoms with E-state index in [1.807, 2.05) is 32.6 Å². The molecule has 1 aliphatic heterocycles. The van der Waals surface area contributed by atoms with Crippen molar-refractivity contribution in [2.24, 2.45) is 0 Å². The summed E-state index contributed by atoms with van der Waals surface area (Å²) in [7, 11) is 0. The maximum absolute atomic E-state index is 12.7. The van der Waals surface area contributed by atoms with Crippen molar-refractivity contribution in [1.29, 1.82) is 5.26 Å². The summed E-state index contributed by atoms with van der Waals surface area (Å²) in [6.45, 7) is 10.2. The van der Waals surface area contributed by atoms with E-state index in [0.717, 1.165) is 35.4 Å². The SMILES string of the molecule is CCc1nnc(N2CCN(C(=O)Cc3c(C)noc3C)CC2)c(C#N)c1CC. The van der Waals surface area contributed by atoms with Gasteiger partial charge in [-0.2, -0.15) is 10.4 Å². The van der Waals surface area contributed by atoms with E-state index in [1.54, 1.807) is 0 Å². The molecule has 1 saturated heterocycles. The van der Waals surface area contributed by atoms with Crippen LogP contribution in [0, 0.1) is 25.2 Å². The van der Waals surface area contributed by atoms with Gasteiger partial charge in [-0.1, -0.05) is 19.0 Å². The smallest absolute Gasteiger partial charge is 0.227 e. The Morgan fingerprint density at radius 3 is 2.36 bits per heavy atom. The van der Waals surface area contributed by atoms with Crippen LogP contribution in [0.5, 0.6) is 0 Å². The Bertz CT molecular complexity index is 887. The Morgan fingerprint density at radius 1 is 1.11 bits per heavy atom. The number of aromatic nitrogens is 3. The predicted octanol–water partition coefficient (Wildman–Crippen LogP) is 1.97. The molecule has 3 heterocycles. The minimum atomic E-state index is 0.0659. The van der Waals surface area contributed by atoms with Gasteiger partial charge < -0.3 is 14.3 Å². The van der Waals surface area contributed by atoms with Crippen LogP contribution in [-0.4, -0.2) is 52.3 Å². The van der Waals surface area contributed by atoms with Gasteiger partial charge in [0.2, 0.25) is 5.91 Å². The van der Waals surface area contributed by atoms with Gasteiger partial charge in [-0.15, -0.1) is 5.10 Å². The van der Waals surface area contributed by atoms with Crippen molar-refractivity contribution in [3.8, 4) is 6.07 Å². The highest BCUT2D eigenvalue weighted by atomic mass is 16.5. The van der Waals surface area contributed by atoms with E-state index in [2.05, 4.69) is 26.3 Å². The number of piperazine rings is 1. The van der Waals surface area contributed by atoms with Crippen molar-refractivity contribution in [2.75, 3.05) is 31.1 Å². The lowest BCUT2D eigenvalue weighted by Crippen LogP contribution is -2.49. The molecule has 1 aliphatic rings. The molecule has 1 fully saturated rings. The highest BCUT2D eigenvalue weighted by molar-refractivity contribution is 5.79. The van der Waals surface area contributed by atoms with E-state index in [4.69, 9.17) is 4.52 Å². The van der Waals surface area contributed by atoms with Gasteiger partial charge in [0.25, 0.3) is 0 Å². The fourth-order valence-electron chi connectivity index (χ4n) is 3.69. The van der Waals surface area contributed by atoms with Crippen LogP contribution in [0.3, 0.4) is 0 Å². The first-order valence-corrected chi connectivity index (χ1v) is 9.73.